The minimum absolute atomic E-state index is 0.0166. The molecule has 0 saturated carbocycles. The fourth-order valence-electron chi connectivity index (χ4n) is 4.51. The van der Waals surface area contributed by atoms with Crippen LogP contribution in [-0.2, 0) is 9.53 Å². The van der Waals surface area contributed by atoms with Crippen LogP contribution >= 0.6 is 0 Å². The largest absolute Gasteiger partial charge is 0.497 e. The van der Waals surface area contributed by atoms with E-state index in [2.05, 4.69) is 4.98 Å². The van der Waals surface area contributed by atoms with Gasteiger partial charge in [0.1, 0.15) is 17.1 Å². The highest BCUT2D eigenvalue weighted by Gasteiger charge is 2.29. The Labute approximate surface area is 205 Å². The highest BCUT2D eigenvalue weighted by atomic mass is 16.6. The van der Waals surface area contributed by atoms with Gasteiger partial charge < -0.3 is 28.4 Å². The van der Waals surface area contributed by atoms with Gasteiger partial charge in [-0.05, 0) is 43.2 Å². The highest BCUT2D eigenvalue weighted by Crippen LogP contribution is 2.35. The van der Waals surface area contributed by atoms with E-state index in [4.69, 9.17) is 14.2 Å². The minimum atomic E-state index is -0.331. The summed E-state index contributed by atoms with van der Waals surface area (Å²) in [6.45, 7) is 5.99. The molecule has 1 aliphatic rings. The Morgan fingerprint density at radius 1 is 1.03 bits per heavy atom. The maximum atomic E-state index is 13.5. The van der Waals surface area contributed by atoms with Gasteiger partial charge in [-0.2, -0.15) is 0 Å². The van der Waals surface area contributed by atoms with Crippen molar-refractivity contribution in [3.8, 4) is 11.5 Å². The lowest BCUT2D eigenvalue weighted by Gasteiger charge is -2.34. The molecule has 9 heteroatoms. The summed E-state index contributed by atoms with van der Waals surface area (Å²) in [4.78, 5) is 33.6. The predicted octanol–water partition coefficient (Wildman–Crippen LogP) is 3.48. The summed E-state index contributed by atoms with van der Waals surface area (Å²) in [5.41, 5.74) is 3.74. The number of carbonyl (C=O) groups excluding carboxylic acids is 2. The van der Waals surface area contributed by atoms with Crippen LogP contribution in [0.15, 0.2) is 42.7 Å². The van der Waals surface area contributed by atoms with Crippen molar-refractivity contribution in [3.63, 3.8) is 0 Å². The van der Waals surface area contributed by atoms with Crippen LogP contribution < -0.4 is 9.47 Å². The number of benzene rings is 1. The average molecular weight is 481 g/mol. The van der Waals surface area contributed by atoms with E-state index in [1.54, 1.807) is 26.0 Å². The van der Waals surface area contributed by atoms with Crippen molar-refractivity contribution in [1.29, 1.82) is 0 Å². The van der Waals surface area contributed by atoms with Gasteiger partial charge in [-0.1, -0.05) is 6.07 Å². The monoisotopic (exact) mass is 480 g/mol. The van der Waals surface area contributed by atoms with Crippen LogP contribution in [0.1, 0.15) is 36.1 Å². The van der Waals surface area contributed by atoms with Crippen molar-refractivity contribution in [2.45, 2.75) is 26.2 Å². The third-order valence-corrected chi connectivity index (χ3v) is 6.43. The number of nitrogens with zero attached hydrogens (tertiary/aromatic N) is 4. The molecular weight excluding hydrogens is 448 g/mol. The predicted molar refractivity (Wildman–Crippen MR) is 131 cm³/mol. The molecule has 2 amide bonds. The number of fused-ring (bicyclic) bond motifs is 1. The standard InChI is InChI=1S/C26H32N4O5/c1-5-35-26(32)29-11-9-28(10-12-29)24(31)16-22(19-13-20(33-3)15-21(14-19)34-4)23-17-27-25-18(2)7-6-8-30(23)25/h6-8,13-15,17,22H,5,9-12,16H2,1-4H3. The zero-order valence-corrected chi connectivity index (χ0v) is 20.7. The second-order valence-electron chi connectivity index (χ2n) is 8.54. The molecule has 1 fully saturated rings. The van der Waals surface area contributed by atoms with Gasteiger partial charge in [0.05, 0.1) is 26.5 Å². The first-order valence-electron chi connectivity index (χ1n) is 11.8. The Balaban J connectivity index is 1.64. The molecule has 2 aromatic heterocycles. The maximum absolute atomic E-state index is 13.5. The molecule has 35 heavy (non-hydrogen) atoms. The smallest absolute Gasteiger partial charge is 0.409 e. The van der Waals surface area contributed by atoms with Gasteiger partial charge in [-0.3, -0.25) is 4.79 Å². The van der Waals surface area contributed by atoms with Crippen molar-refractivity contribution in [1.82, 2.24) is 19.2 Å². The van der Waals surface area contributed by atoms with E-state index in [0.717, 1.165) is 22.5 Å². The number of piperazine rings is 1. The highest BCUT2D eigenvalue weighted by molar-refractivity contribution is 5.78. The van der Waals surface area contributed by atoms with Gasteiger partial charge in [0.25, 0.3) is 0 Å². The zero-order chi connectivity index (χ0) is 24.9. The molecule has 1 aliphatic heterocycles. The van der Waals surface area contributed by atoms with E-state index in [0.29, 0.717) is 44.3 Å². The van der Waals surface area contributed by atoms with Gasteiger partial charge in [0.15, 0.2) is 0 Å². The van der Waals surface area contributed by atoms with Crippen LogP contribution in [0.2, 0.25) is 0 Å². The first-order chi connectivity index (χ1) is 16.9. The molecule has 186 valence electrons. The molecule has 9 nitrogen and oxygen atoms in total. The van der Waals surface area contributed by atoms with E-state index in [9.17, 15) is 9.59 Å². The second kappa shape index (κ2) is 10.7. The van der Waals surface area contributed by atoms with Gasteiger partial charge in [0.2, 0.25) is 5.91 Å². The van der Waals surface area contributed by atoms with Crippen molar-refractivity contribution < 1.29 is 23.8 Å². The quantitative estimate of drug-likeness (QED) is 0.515. The van der Waals surface area contributed by atoms with Crippen LogP contribution in [0, 0.1) is 6.92 Å². The van der Waals surface area contributed by atoms with E-state index >= 15 is 0 Å². The van der Waals surface area contributed by atoms with Crippen molar-refractivity contribution in [2.75, 3.05) is 47.0 Å². The molecule has 1 unspecified atom stereocenters. The van der Waals surface area contributed by atoms with E-state index in [1.807, 2.05) is 58.9 Å². The topological polar surface area (TPSA) is 85.6 Å². The van der Waals surface area contributed by atoms with Crippen molar-refractivity contribution in [2.24, 2.45) is 0 Å². The summed E-state index contributed by atoms with van der Waals surface area (Å²) in [6.07, 6.45) is 3.72. The third-order valence-electron chi connectivity index (χ3n) is 6.43. The lowest BCUT2D eigenvalue weighted by atomic mass is 9.91. The van der Waals surface area contributed by atoms with Gasteiger partial charge in [-0.25, -0.2) is 9.78 Å². The number of hydrogen-bond donors (Lipinski definition) is 0. The van der Waals surface area contributed by atoms with Gasteiger partial charge in [0, 0.05) is 57.0 Å². The molecule has 0 spiro atoms. The molecule has 1 atom stereocenters. The van der Waals surface area contributed by atoms with Crippen LogP contribution in [-0.4, -0.2) is 78.2 Å². The summed E-state index contributed by atoms with van der Waals surface area (Å²) >= 11 is 0. The number of carbonyl (C=O) groups is 2. The minimum Gasteiger partial charge on any atom is -0.497 e. The normalized spacial score (nSPS) is 14.6. The number of pyridine rings is 1. The Kier molecular flexibility index (Phi) is 7.43. The van der Waals surface area contributed by atoms with Crippen molar-refractivity contribution >= 4 is 17.6 Å². The summed E-state index contributed by atoms with van der Waals surface area (Å²) in [6, 6.07) is 9.69. The molecule has 3 heterocycles. The summed E-state index contributed by atoms with van der Waals surface area (Å²) in [7, 11) is 3.22. The first-order valence-corrected chi connectivity index (χ1v) is 11.8. The second-order valence-corrected chi connectivity index (χ2v) is 8.54. The lowest BCUT2D eigenvalue weighted by Crippen LogP contribution is -2.51. The fraction of sp³-hybridized carbons (Fsp3) is 0.423. The van der Waals surface area contributed by atoms with Crippen LogP contribution in [0.4, 0.5) is 4.79 Å². The van der Waals surface area contributed by atoms with E-state index < -0.39 is 0 Å². The molecule has 3 aromatic rings. The molecule has 4 rings (SSSR count). The molecule has 0 aliphatic carbocycles. The zero-order valence-electron chi connectivity index (χ0n) is 20.7. The summed E-state index contributed by atoms with van der Waals surface area (Å²) < 4.78 is 18.1. The number of ether oxygens (including phenoxy) is 3. The van der Waals surface area contributed by atoms with Crippen molar-refractivity contribution in [3.05, 3.63) is 59.5 Å². The lowest BCUT2D eigenvalue weighted by molar-refractivity contribution is -0.133. The number of rotatable bonds is 7. The summed E-state index contributed by atoms with van der Waals surface area (Å²) in [5.74, 6) is 1.06. The Morgan fingerprint density at radius 3 is 2.31 bits per heavy atom. The fourth-order valence-corrected chi connectivity index (χ4v) is 4.51. The molecule has 1 saturated heterocycles. The van der Waals surface area contributed by atoms with Crippen LogP contribution in [0.25, 0.3) is 5.65 Å². The number of methoxy groups -OCH3 is 2. The SMILES string of the molecule is CCOC(=O)N1CCN(C(=O)CC(c2cc(OC)cc(OC)c2)c2cnc3c(C)cccn23)CC1. The average Bonchev–Trinajstić information content (AvgIpc) is 3.32. The Hall–Kier alpha value is -3.75. The van der Waals surface area contributed by atoms with Crippen LogP contribution in [0.3, 0.4) is 0 Å². The summed E-state index contributed by atoms with van der Waals surface area (Å²) in [5, 5.41) is 0. The molecule has 1 aromatic carbocycles. The Bertz CT molecular complexity index is 1180. The number of aromatic nitrogens is 2. The number of amides is 2. The third kappa shape index (κ3) is 5.18. The molecule has 0 bridgehead atoms. The van der Waals surface area contributed by atoms with Gasteiger partial charge in [-0.15, -0.1) is 0 Å². The number of hydrogen-bond acceptors (Lipinski definition) is 6. The Morgan fingerprint density at radius 2 is 1.69 bits per heavy atom. The van der Waals surface area contributed by atoms with E-state index in [1.165, 1.54) is 0 Å². The maximum Gasteiger partial charge on any atom is 0.409 e. The number of aryl methyl sites for hydroxylation is 1. The molecule has 0 radical (unpaired) electrons. The van der Waals surface area contributed by atoms with Crippen LogP contribution in [0.5, 0.6) is 11.5 Å². The first kappa shape index (κ1) is 24.4. The van der Waals surface area contributed by atoms with Gasteiger partial charge >= 0.3 is 6.09 Å². The van der Waals surface area contributed by atoms with E-state index in [-0.39, 0.29) is 24.3 Å². The molecule has 0 N–H and O–H groups in total. The number of imidazole rings is 1. The molecular formula is C26H32N4O5.